The highest BCUT2D eigenvalue weighted by Crippen LogP contribution is 2.33. The fourth-order valence-corrected chi connectivity index (χ4v) is 2.11. The Morgan fingerprint density at radius 1 is 1.10 bits per heavy atom. The molecule has 1 unspecified atom stereocenters. The summed E-state index contributed by atoms with van der Waals surface area (Å²) in [6.07, 6.45) is 0.770. The highest BCUT2D eigenvalue weighted by Gasteiger charge is 2.19. The maximum atomic E-state index is 13.3. The third-order valence-electron chi connectivity index (χ3n) is 3.12. The van der Waals surface area contributed by atoms with Crippen LogP contribution in [0.3, 0.4) is 0 Å². The number of halogens is 1. The molecule has 0 aliphatic heterocycles. The van der Waals surface area contributed by atoms with E-state index in [1.807, 2.05) is 0 Å². The molecule has 2 aromatic rings. The van der Waals surface area contributed by atoms with E-state index in [2.05, 4.69) is 0 Å². The molecule has 0 fully saturated rings. The molecular formula is C16H15FO3. The number of rotatable bonds is 5. The summed E-state index contributed by atoms with van der Waals surface area (Å²) in [5.74, 6) is 0.197. The van der Waals surface area contributed by atoms with Crippen molar-refractivity contribution in [3.63, 3.8) is 0 Å². The Hall–Kier alpha value is -2.36. The topological polar surface area (TPSA) is 35.5 Å². The summed E-state index contributed by atoms with van der Waals surface area (Å²) in [5, 5.41) is 0. The maximum Gasteiger partial charge on any atom is 0.131 e. The lowest BCUT2D eigenvalue weighted by Gasteiger charge is -2.16. The van der Waals surface area contributed by atoms with E-state index in [-0.39, 0.29) is 5.82 Å². The minimum absolute atomic E-state index is 0.379. The molecule has 0 bridgehead atoms. The molecule has 3 nitrogen and oxygen atoms in total. The van der Waals surface area contributed by atoms with Gasteiger partial charge in [-0.05, 0) is 35.9 Å². The Morgan fingerprint density at radius 3 is 2.50 bits per heavy atom. The van der Waals surface area contributed by atoms with Gasteiger partial charge >= 0.3 is 0 Å². The zero-order valence-corrected chi connectivity index (χ0v) is 11.3. The molecule has 0 N–H and O–H groups in total. The summed E-state index contributed by atoms with van der Waals surface area (Å²) in [6, 6.07) is 11.2. The number of benzene rings is 2. The van der Waals surface area contributed by atoms with E-state index in [1.54, 1.807) is 37.4 Å². The van der Waals surface area contributed by atoms with Crippen LogP contribution in [0, 0.1) is 5.82 Å². The Kier molecular flexibility index (Phi) is 4.35. The second kappa shape index (κ2) is 6.19. The zero-order chi connectivity index (χ0) is 14.5. The van der Waals surface area contributed by atoms with Crippen molar-refractivity contribution >= 4 is 6.29 Å². The van der Waals surface area contributed by atoms with Gasteiger partial charge in [0.2, 0.25) is 0 Å². The van der Waals surface area contributed by atoms with E-state index in [0.29, 0.717) is 22.6 Å². The first-order chi connectivity index (χ1) is 9.69. The second-order valence-corrected chi connectivity index (χ2v) is 4.28. The van der Waals surface area contributed by atoms with Crippen molar-refractivity contribution in [2.45, 2.75) is 5.92 Å². The predicted molar refractivity (Wildman–Crippen MR) is 73.9 cm³/mol. The number of carbonyl (C=O) groups excluding carboxylic acids is 1. The van der Waals surface area contributed by atoms with Crippen LogP contribution in [0.1, 0.15) is 17.0 Å². The summed E-state index contributed by atoms with van der Waals surface area (Å²) >= 11 is 0. The van der Waals surface area contributed by atoms with Crippen LogP contribution in [-0.2, 0) is 4.79 Å². The van der Waals surface area contributed by atoms with Crippen molar-refractivity contribution < 1.29 is 18.7 Å². The lowest BCUT2D eigenvalue weighted by atomic mass is 9.91. The van der Waals surface area contributed by atoms with Gasteiger partial charge in [0.25, 0.3) is 0 Å². The molecule has 2 rings (SSSR count). The number of methoxy groups -OCH3 is 2. The Bertz CT molecular complexity index is 610. The lowest BCUT2D eigenvalue weighted by Crippen LogP contribution is -2.05. The molecule has 0 amide bonds. The highest BCUT2D eigenvalue weighted by molar-refractivity contribution is 5.70. The largest absolute Gasteiger partial charge is 0.497 e. The fraction of sp³-hybridized carbons (Fsp3) is 0.188. The molecule has 104 valence electrons. The minimum atomic E-state index is -0.601. The second-order valence-electron chi connectivity index (χ2n) is 4.28. The van der Waals surface area contributed by atoms with Gasteiger partial charge in [0.1, 0.15) is 23.6 Å². The van der Waals surface area contributed by atoms with Gasteiger partial charge in [-0.1, -0.05) is 12.1 Å². The smallest absolute Gasteiger partial charge is 0.131 e. The van der Waals surface area contributed by atoms with Gasteiger partial charge < -0.3 is 14.3 Å². The number of hydrogen-bond acceptors (Lipinski definition) is 3. The molecule has 4 heteroatoms. The zero-order valence-electron chi connectivity index (χ0n) is 11.3. The first-order valence-electron chi connectivity index (χ1n) is 6.12. The SMILES string of the molecule is COc1ccc(OC)c(C(C=O)c2cccc(F)c2)c1. The van der Waals surface area contributed by atoms with E-state index in [9.17, 15) is 9.18 Å². The molecule has 1 atom stereocenters. The van der Waals surface area contributed by atoms with Gasteiger partial charge in [-0.15, -0.1) is 0 Å². The van der Waals surface area contributed by atoms with Crippen LogP contribution in [-0.4, -0.2) is 20.5 Å². The van der Waals surface area contributed by atoms with Crippen molar-refractivity contribution in [1.82, 2.24) is 0 Å². The van der Waals surface area contributed by atoms with Crippen LogP contribution < -0.4 is 9.47 Å². The molecule has 0 spiro atoms. The van der Waals surface area contributed by atoms with Crippen molar-refractivity contribution in [2.75, 3.05) is 14.2 Å². The van der Waals surface area contributed by atoms with Gasteiger partial charge in [-0.3, -0.25) is 0 Å². The molecule has 0 saturated carbocycles. The summed E-state index contributed by atoms with van der Waals surface area (Å²) in [4.78, 5) is 11.5. The first-order valence-corrected chi connectivity index (χ1v) is 6.12. The standard InChI is InChI=1S/C16H15FO3/c1-19-13-6-7-16(20-2)14(9-13)15(10-18)11-4-3-5-12(17)8-11/h3-10,15H,1-2H3. The summed E-state index contributed by atoms with van der Waals surface area (Å²) < 4.78 is 23.8. The Morgan fingerprint density at radius 2 is 1.90 bits per heavy atom. The lowest BCUT2D eigenvalue weighted by molar-refractivity contribution is -0.108. The number of hydrogen-bond donors (Lipinski definition) is 0. The molecule has 0 heterocycles. The van der Waals surface area contributed by atoms with Crippen LogP contribution in [0.5, 0.6) is 11.5 Å². The van der Waals surface area contributed by atoms with Crippen LogP contribution in [0.4, 0.5) is 4.39 Å². The Labute approximate surface area is 117 Å². The molecule has 20 heavy (non-hydrogen) atoms. The predicted octanol–water partition coefficient (Wildman–Crippen LogP) is 3.17. The van der Waals surface area contributed by atoms with E-state index in [4.69, 9.17) is 9.47 Å². The van der Waals surface area contributed by atoms with Gasteiger partial charge in [0.15, 0.2) is 0 Å². The van der Waals surface area contributed by atoms with Crippen molar-refractivity contribution in [3.8, 4) is 11.5 Å². The maximum absolute atomic E-state index is 13.3. The van der Waals surface area contributed by atoms with Crippen LogP contribution in [0.15, 0.2) is 42.5 Å². The molecular weight excluding hydrogens is 259 g/mol. The number of carbonyl (C=O) groups is 1. The molecule has 2 aromatic carbocycles. The van der Waals surface area contributed by atoms with E-state index in [1.165, 1.54) is 19.2 Å². The monoisotopic (exact) mass is 274 g/mol. The molecule has 0 radical (unpaired) electrons. The quantitative estimate of drug-likeness (QED) is 0.786. The summed E-state index contributed by atoms with van der Waals surface area (Å²) in [7, 11) is 3.07. The fourth-order valence-electron chi connectivity index (χ4n) is 2.11. The molecule has 0 aromatic heterocycles. The molecule has 0 aliphatic carbocycles. The Balaban J connectivity index is 2.53. The third-order valence-corrected chi connectivity index (χ3v) is 3.12. The van der Waals surface area contributed by atoms with E-state index in [0.717, 1.165) is 6.29 Å². The molecule has 0 aliphatic rings. The van der Waals surface area contributed by atoms with Gasteiger partial charge in [-0.25, -0.2) is 4.39 Å². The summed E-state index contributed by atoms with van der Waals surface area (Å²) in [6.45, 7) is 0. The number of aldehydes is 1. The van der Waals surface area contributed by atoms with Crippen molar-refractivity contribution in [1.29, 1.82) is 0 Å². The third kappa shape index (κ3) is 2.79. The summed E-state index contributed by atoms with van der Waals surface area (Å²) in [5.41, 5.74) is 1.22. The van der Waals surface area contributed by atoms with Gasteiger partial charge in [0.05, 0.1) is 20.1 Å². The van der Waals surface area contributed by atoms with Crippen LogP contribution in [0.25, 0.3) is 0 Å². The normalized spacial score (nSPS) is 11.8. The van der Waals surface area contributed by atoms with Crippen molar-refractivity contribution in [3.05, 3.63) is 59.4 Å². The minimum Gasteiger partial charge on any atom is -0.497 e. The number of ether oxygens (including phenoxy) is 2. The van der Waals surface area contributed by atoms with E-state index >= 15 is 0 Å². The van der Waals surface area contributed by atoms with Crippen molar-refractivity contribution in [2.24, 2.45) is 0 Å². The van der Waals surface area contributed by atoms with Gasteiger partial charge in [-0.2, -0.15) is 0 Å². The van der Waals surface area contributed by atoms with Crippen LogP contribution in [0.2, 0.25) is 0 Å². The molecule has 0 saturated heterocycles. The first kappa shape index (κ1) is 14.1. The van der Waals surface area contributed by atoms with E-state index < -0.39 is 5.92 Å². The average molecular weight is 274 g/mol. The van der Waals surface area contributed by atoms with Gasteiger partial charge in [0, 0.05) is 5.56 Å². The highest BCUT2D eigenvalue weighted by atomic mass is 19.1. The van der Waals surface area contributed by atoms with Crippen LogP contribution >= 0.6 is 0 Å². The average Bonchev–Trinajstić information content (AvgIpc) is 2.48.